The quantitative estimate of drug-likeness (QED) is 0.873. The lowest BCUT2D eigenvalue weighted by Crippen LogP contribution is -2.43. The summed E-state index contributed by atoms with van der Waals surface area (Å²) >= 11 is 1.62. The molecule has 0 radical (unpaired) electrons. The lowest BCUT2D eigenvalue weighted by molar-refractivity contribution is 0.0935. The molecule has 0 spiro atoms. The Bertz CT molecular complexity index is 560. The van der Waals surface area contributed by atoms with E-state index in [1.807, 2.05) is 23.8 Å². The minimum Gasteiger partial charge on any atom is -0.344 e. The molecule has 1 saturated heterocycles. The van der Waals surface area contributed by atoms with E-state index in [0.717, 1.165) is 18.7 Å². The molecule has 1 unspecified atom stereocenters. The van der Waals surface area contributed by atoms with Crippen LogP contribution in [0.3, 0.4) is 0 Å². The zero-order chi connectivity index (χ0) is 13.2. The first kappa shape index (κ1) is 12.3. The minimum absolute atomic E-state index is 0.0192. The van der Waals surface area contributed by atoms with Crippen molar-refractivity contribution in [2.24, 2.45) is 0 Å². The van der Waals surface area contributed by atoms with Gasteiger partial charge in [-0.1, -0.05) is 5.21 Å². The molecule has 2 N–H and O–H groups in total. The van der Waals surface area contributed by atoms with E-state index in [2.05, 4.69) is 20.9 Å². The molecule has 0 aromatic carbocycles. The van der Waals surface area contributed by atoms with Crippen LogP contribution in [0.5, 0.6) is 0 Å². The summed E-state index contributed by atoms with van der Waals surface area (Å²) in [5, 5.41) is 18.0. The molecule has 1 atom stereocenters. The molecule has 100 valence electrons. The SMILES string of the molecule is CC(NC(=O)c1cn(C2CNC2)nn1)c1ccsc1. The third-order valence-electron chi connectivity index (χ3n) is 3.27. The highest BCUT2D eigenvalue weighted by atomic mass is 32.1. The maximum absolute atomic E-state index is 12.1. The van der Waals surface area contributed by atoms with Crippen LogP contribution >= 0.6 is 11.3 Å². The van der Waals surface area contributed by atoms with E-state index in [1.54, 1.807) is 22.2 Å². The van der Waals surface area contributed by atoms with Crippen LogP contribution < -0.4 is 10.6 Å². The van der Waals surface area contributed by atoms with Gasteiger partial charge in [0.1, 0.15) is 0 Å². The van der Waals surface area contributed by atoms with Gasteiger partial charge in [0.2, 0.25) is 0 Å². The number of carbonyl (C=O) groups is 1. The van der Waals surface area contributed by atoms with Gasteiger partial charge in [-0.2, -0.15) is 11.3 Å². The Labute approximate surface area is 114 Å². The monoisotopic (exact) mass is 277 g/mol. The zero-order valence-corrected chi connectivity index (χ0v) is 11.4. The number of nitrogens with zero attached hydrogens (tertiary/aromatic N) is 3. The standard InChI is InChI=1S/C12H15N5OS/c1-8(9-2-3-19-7-9)14-12(18)11-6-17(16-15-11)10-4-13-5-10/h2-3,6-8,10,13H,4-5H2,1H3,(H,14,18). The number of hydrogen-bond donors (Lipinski definition) is 2. The van der Waals surface area contributed by atoms with Gasteiger partial charge in [-0.15, -0.1) is 5.10 Å². The molecule has 7 heteroatoms. The fourth-order valence-corrected chi connectivity index (χ4v) is 2.65. The molecule has 1 aliphatic heterocycles. The smallest absolute Gasteiger partial charge is 0.273 e. The lowest BCUT2D eigenvalue weighted by Gasteiger charge is -2.26. The zero-order valence-electron chi connectivity index (χ0n) is 10.5. The third kappa shape index (κ3) is 2.52. The number of aromatic nitrogens is 3. The highest BCUT2D eigenvalue weighted by molar-refractivity contribution is 7.07. The summed E-state index contributed by atoms with van der Waals surface area (Å²) < 4.78 is 1.75. The average molecular weight is 277 g/mol. The first-order valence-electron chi connectivity index (χ1n) is 6.19. The van der Waals surface area contributed by atoms with Gasteiger partial charge in [-0.3, -0.25) is 4.79 Å². The maximum Gasteiger partial charge on any atom is 0.273 e. The molecule has 0 saturated carbocycles. The third-order valence-corrected chi connectivity index (χ3v) is 3.97. The van der Waals surface area contributed by atoms with Crippen LogP contribution in [0.1, 0.15) is 35.1 Å². The molecule has 0 bridgehead atoms. The average Bonchev–Trinajstić information content (AvgIpc) is 2.97. The van der Waals surface area contributed by atoms with Crippen molar-refractivity contribution in [2.45, 2.75) is 19.0 Å². The molecular weight excluding hydrogens is 262 g/mol. The van der Waals surface area contributed by atoms with E-state index in [4.69, 9.17) is 0 Å². The second-order valence-corrected chi connectivity index (χ2v) is 5.43. The van der Waals surface area contributed by atoms with Crippen LogP contribution in [-0.4, -0.2) is 34.0 Å². The Hall–Kier alpha value is -1.73. The molecule has 3 rings (SSSR count). The number of carbonyl (C=O) groups excluding carboxylic acids is 1. The first-order valence-corrected chi connectivity index (χ1v) is 7.14. The molecular formula is C12H15N5OS. The van der Waals surface area contributed by atoms with Gasteiger partial charge in [0.25, 0.3) is 5.91 Å². The maximum atomic E-state index is 12.1. The molecule has 1 amide bonds. The lowest BCUT2D eigenvalue weighted by atomic mass is 10.2. The van der Waals surface area contributed by atoms with Crippen LogP contribution in [0.25, 0.3) is 0 Å². The highest BCUT2D eigenvalue weighted by Gasteiger charge is 2.22. The molecule has 3 heterocycles. The van der Waals surface area contributed by atoms with Gasteiger partial charge in [0.05, 0.1) is 18.3 Å². The van der Waals surface area contributed by atoms with Crippen LogP contribution in [-0.2, 0) is 0 Å². The van der Waals surface area contributed by atoms with Crippen molar-refractivity contribution >= 4 is 17.2 Å². The van der Waals surface area contributed by atoms with E-state index in [1.165, 1.54) is 0 Å². The fourth-order valence-electron chi connectivity index (χ4n) is 1.90. The summed E-state index contributed by atoms with van der Waals surface area (Å²) in [5.41, 5.74) is 1.47. The van der Waals surface area contributed by atoms with Gasteiger partial charge >= 0.3 is 0 Å². The Morgan fingerprint density at radius 2 is 2.47 bits per heavy atom. The van der Waals surface area contributed by atoms with Crippen molar-refractivity contribution in [1.29, 1.82) is 0 Å². The molecule has 6 nitrogen and oxygen atoms in total. The Kier molecular flexibility index (Phi) is 3.31. The topological polar surface area (TPSA) is 71.8 Å². The number of rotatable bonds is 4. The summed E-state index contributed by atoms with van der Waals surface area (Å²) in [6.07, 6.45) is 1.71. The Morgan fingerprint density at radius 1 is 1.63 bits per heavy atom. The molecule has 1 aliphatic rings. The largest absolute Gasteiger partial charge is 0.344 e. The van der Waals surface area contributed by atoms with Crippen molar-refractivity contribution in [3.05, 3.63) is 34.3 Å². The van der Waals surface area contributed by atoms with Crippen molar-refractivity contribution in [1.82, 2.24) is 25.6 Å². The van der Waals surface area contributed by atoms with E-state index < -0.39 is 0 Å². The van der Waals surface area contributed by atoms with E-state index >= 15 is 0 Å². The summed E-state index contributed by atoms with van der Waals surface area (Å²) in [4.78, 5) is 12.1. The Morgan fingerprint density at radius 3 is 3.11 bits per heavy atom. The van der Waals surface area contributed by atoms with Crippen LogP contribution in [0, 0.1) is 0 Å². The molecule has 0 aliphatic carbocycles. The van der Waals surface area contributed by atoms with Crippen LogP contribution in [0.4, 0.5) is 0 Å². The number of nitrogens with one attached hydrogen (secondary N) is 2. The van der Waals surface area contributed by atoms with Gasteiger partial charge in [-0.05, 0) is 29.3 Å². The van der Waals surface area contributed by atoms with Gasteiger partial charge < -0.3 is 10.6 Å². The highest BCUT2D eigenvalue weighted by Crippen LogP contribution is 2.16. The minimum atomic E-state index is -0.183. The van der Waals surface area contributed by atoms with E-state index in [-0.39, 0.29) is 11.9 Å². The number of thiophene rings is 1. The van der Waals surface area contributed by atoms with E-state index in [9.17, 15) is 4.79 Å². The number of amides is 1. The van der Waals surface area contributed by atoms with Crippen LogP contribution in [0.15, 0.2) is 23.0 Å². The molecule has 2 aromatic rings. The van der Waals surface area contributed by atoms with E-state index in [0.29, 0.717) is 11.7 Å². The predicted octanol–water partition coefficient (Wildman–Crippen LogP) is 0.975. The van der Waals surface area contributed by atoms with Crippen molar-refractivity contribution in [3.8, 4) is 0 Å². The predicted molar refractivity (Wildman–Crippen MR) is 72.1 cm³/mol. The molecule has 19 heavy (non-hydrogen) atoms. The second kappa shape index (κ2) is 5.10. The van der Waals surface area contributed by atoms with Crippen LogP contribution in [0.2, 0.25) is 0 Å². The van der Waals surface area contributed by atoms with Crippen molar-refractivity contribution in [3.63, 3.8) is 0 Å². The molecule has 1 fully saturated rings. The first-order chi connectivity index (χ1) is 9.24. The summed E-state index contributed by atoms with van der Waals surface area (Å²) in [7, 11) is 0. The van der Waals surface area contributed by atoms with Gasteiger partial charge in [0, 0.05) is 13.1 Å². The fraction of sp³-hybridized carbons (Fsp3) is 0.417. The Balaban J connectivity index is 1.65. The normalized spacial score (nSPS) is 16.9. The summed E-state index contributed by atoms with van der Waals surface area (Å²) in [5.74, 6) is -0.183. The van der Waals surface area contributed by atoms with Crippen molar-refractivity contribution < 1.29 is 4.79 Å². The molecule has 2 aromatic heterocycles. The summed E-state index contributed by atoms with van der Waals surface area (Å²) in [6.45, 7) is 3.73. The van der Waals surface area contributed by atoms with Gasteiger partial charge in [-0.25, -0.2) is 4.68 Å². The number of hydrogen-bond acceptors (Lipinski definition) is 5. The van der Waals surface area contributed by atoms with Crippen molar-refractivity contribution in [2.75, 3.05) is 13.1 Å². The second-order valence-electron chi connectivity index (χ2n) is 4.65. The summed E-state index contributed by atoms with van der Waals surface area (Å²) in [6, 6.07) is 2.31. The van der Waals surface area contributed by atoms with Gasteiger partial charge in [0.15, 0.2) is 5.69 Å².